The van der Waals surface area contributed by atoms with Crippen molar-refractivity contribution in [3.05, 3.63) is 33.1 Å². The van der Waals surface area contributed by atoms with E-state index in [1.807, 2.05) is 5.32 Å². The van der Waals surface area contributed by atoms with Crippen LogP contribution in [0.15, 0.2) is 12.3 Å². The number of carbonyl (C=O) groups excluding carboxylic acids is 3. The topological polar surface area (TPSA) is 123 Å². The van der Waals surface area contributed by atoms with Crippen molar-refractivity contribution in [3.8, 4) is 0 Å². The van der Waals surface area contributed by atoms with E-state index < -0.39 is 28.3 Å². The molecule has 20 heavy (non-hydrogen) atoms. The molecule has 10 heteroatoms. The van der Waals surface area contributed by atoms with Crippen LogP contribution in [0.25, 0.3) is 0 Å². The molecule has 1 N–H and O–H groups in total. The molecule has 0 aromatic carbocycles. The van der Waals surface area contributed by atoms with Crippen LogP contribution in [0.1, 0.15) is 10.4 Å². The third-order valence-corrected chi connectivity index (χ3v) is 2.80. The van der Waals surface area contributed by atoms with E-state index >= 15 is 0 Å². The van der Waals surface area contributed by atoms with Crippen LogP contribution >= 0.6 is 11.6 Å². The lowest BCUT2D eigenvalue weighted by molar-refractivity contribution is -0.385. The minimum atomic E-state index is -0.769. The lowest BCUT2D eigenvalue weighted by Crippen LogP contribution is -2.53. The van der Waals surface area contributed by atoms with Gasteiger partial charge in [0.25, 0.3) is 11.6 Å². The number of piperazine rings is 1. The predicted molar refractivity (Wildman–Crippen MR) is 65.0 cm³/mol. The molecule has 0 spiro atoms. The van der Waals surface area contributed by atoms with Gasteiger partial charge in [0.1, 0.15) is 24.4 Å². The fourth-order valence-corrected chi connectivity index (χ4v) is 1.82. The average Bonchev–Trinajstić information content (AvgIpc) is 2.37. The second kappa shape index (κ2) is 5.21. The summed E-state index contributed by atoms with van der Waals surface area (Å²) in [5.74, 6) is -2.04. The Balaban J connectivity index is 2.33. The zero-order valence-corrected chi connectivity index (χ0v) is 10.6. The first-order chi connectivity index (χ1) is 9.38. The van der Waals surface area contributed by atoms with Gasteiger partial charge in [-0.1, -0.05) is 11.6 Å². The zero-order valence-electron chi connectivity index (χ0n) is 9.83. The Morgan fingerprint density at radius 1 is 1.40 bits per heavy atom. The minimum absolute atomic E-state index is 0.233. The van der Waals surface area contributed by atoms with E-state index in [1.165, 1.54) is 0 Å². The molecule has 2 heterocycles. The van der Waals surface area contributed by atoms with Gasteiger partial charge in [0.2, 0.25) is 11.8 Å². The summed E-state index contributed by atoms with van der Waals surface area (Å²) in [6, 6.07) is 0.953. The van der Waals surface area contributed by atoms with Gasteiger partial charge < -0.3 is 4.90 Å². The van der Waals surface area contributed by atoms with E-state index in [1.54, 1.807) is 0 Å². The van der Waals surface area contributed by atoms with Crippen LogP contribution in [-0.2, 0) is 9.59 Å². The van der Waals surface area contributed by atoms with Gasteiger partial charge in [0, 0.05) is 6.07 Å². The number of hydrogen-bond donors (Lipinski definition) is 1. The van der Waals surface area contributed by atoms with Gasteiger partial charge in [0.05, 0.1) is 10.5 Å². The van der Waals surface area contributed by atoms with Crippen molar-refractivity contribution in [1.29, 1.82) is 0 Å². The van der Waals surface area contributed by atoms with Crippen LogP contribution in [0.5, 0.6) is 0 Å². The van der Waals surface area contributed by atoms with E-state index in [0.717, 1.165) is 17.2 Å². The minimum Gasteiger partial charge on any atom is -0.320 e. The van der Waals surface area contributed by atoms with Crippen molar-refractivity contribution in [2.24, 2.45) is 0 Å². The lowest BCUT2D eigenvalue weighted by atomic mass is 10.2. The van der Waals surface area contributed by atoms with Gasteiger partial charge in [-0.2, -0.15) is 0 Å². The number of nitrogens with one attached hydrogen (secondary N) is 1. The van der Waals surface area contributed by atoms with Crippen molar-refractivity contribution in [3.63, 3.8) is 0 Å². The largest absolute Gasteiger partial charge is 0.320 e. The molecule has 1 saturated heterocycles. The summed E-state index contributed by atoms with van der Waals surface area (Å²) in [6.07, 6.45) is 0.910. The fourth-order valence-electron chi connectivity index (χ4n) is 1.64. The number of hydrogen-bond acceptors (Lipinski definition) is 6. The maximum absolute atomic E-state index is 12.1. The molecule has 0 atom stereocenters. The predicted octanol–water partition coefficient (Wildman–Crippen LogP) is -0.258. The third kappa shape index (κ3) is 2.72. The second-order valence-corrected chi connectivity index (χ2v) is 4.28. The first kappa shape index (κ1) is 13.9. The van der Waals surface area contributed by atoms with E-state index in [9.17, 15) is 24.5 Å². The number of imide groups is 1. The number of pyridine rings is 1. The summed E-state index contributed by atoms with van der Waals surface area (Å²) in [4.78, 5) is 48.9. The summed E-state index contributed by atoms with van der Waals surface area (Å²) in [6.45, 7) is -0.660. The van der Waals surface area contributed by atoms with Crippen molar-refractivity contribution < 1.29 is 19.3 Å². The van der Waals surface area contributed by atoms with Gasteiger partial charge in [-0.15, -0.1) is 0 Å². The third-order valence-electron chi connectivity index (χ3n) is 2.50. The van der Waals surface area contributed by atoms with Crippen LogP contribution < -0.4 is 5.32 Å². The average molecular weight is 299 g/mol. The highest BCUT2D eigenvalue weighted by molar-refractivity contribution is 6.32. The molecular weight excluding hydrogens is 292 g/mol. The Morgan fingerprint density at radius 2 is 2.00 bits per heavy atom. The molecule has 1 aliphatic heterocycles. The Hall–Kier alpha value is -2.55. The van der Waals surface area contributed by atoms with Gasteiger partial charge in [-0.25, -0.2) is 4.98 Å². The van der Waals surface area contributed by atoms with E-state index in [0.29, 0.717) is 0 Å². The van der Waals surface area contributed by atoms with E-state index in [2.05, 4.69) is 4.98 Å². The molecule has 104 valence electrons. The molecule has 0 bridgehead atoms. The molecule has 3 amide bonds. The number of aromatic nitrogens is 1. The summed E-state index contributed by atoms with van der Waals surface area (Å²) >= 11 is 5.72. The molecule has 1 fully saturated rings. The number of amides is 3. The molecule has 9 nitrogen and oxygen atoms in total. The van der Waals surface area contributed by atoms with Crippen molar-refractivity contribution >= 4 is 35.0 Å². The SMILES string of the molecule is O=C1CN(C(=O)c2cc([N+](=O)[O-])cnc2Cl)CC(=O)N1. The standard InChI is InChI=1S/C10H7ClN4O5/c11-9-6(1-5(2-12-9)15(19)20)10(18)14-3-7(16)13-8(17)4-14/h1-2H,3-4H2,(H,13,16,17). The highest BCUT2D eigenvalue weighted by Crippen LogP contribution is 2.21. The summed E-state index contributed by atoms with van der Waals surface area (Å²) in [5.41, 5.74) is -0.645. The van der Waals surface area contributed by atoms with Crippen LogP contribution in [0.3, 0.4) is 0 Å². The van der Waals surface area contributed by atoms with Crippen molar-refractivity contribution in [1.82, 2.24) is 15.2 Å². The lowest BCUT2D eigenvalue weighted by Gasteiger charge is -2.25. The smallest absolute Gasteiger partial charge is 0.288 e. The second-order valence-electron chi connectivity index (χ2n) is 3.92. The van der Waals surface area contributed by atoms with Crippen LogP contribution in [-0.4, -0.2) is 45.6 Å². The fraction of sp³-hybridized carbons (Fsp3) is 0.200. The molecular formula is C10H7ClN4O5. The molecule has 2 rings (SSSR count). The number of rotatable bonds is 2. The Bertz CT molecular complexity index is 616. The maximum Gasteiger partial charge on any atom is 0.288 e. The van der Waals surface area contributed by atoms with Crippen LogP contribution in [0, 0.1) is 10.1 Å². The highest BCUT2D eigenvalue weighted by Gasteiger charge is 2.29. The molecule has 0 aliphatic carbocycles. The maximum atomic E-state index is 12.1. The molecule has 1 aliphatic rings. The number of carbonyl (C=O) groups is 3. The van der Waals surface area contributed by atoms with Crippen molar-refractivity contribution in [2.75, 3.05) is 13.1 Å². The zero-order chi connectivity index (χ0) is 14.9. The number of nitro groups is 1. The van der Waals surface area contributed by atoms with Gasteiger partial charge in [-0.05, 0) is 0 Å². The summed E-state index contributed by atoms with van der Waals surface area (Å²) in [7, 11) is 0. The molecule has 1 aromatic rings. The number of nitrogens with zero attached hydrogens (tertiary/aromatic N) is 3. The molecule has 0 radical (unpaired) electrons. The van der Waals surface area contributed by atoms with E-state index in [-0.39, 0.29) is 23.8 Å². The molecule has 0 unspecified atom stereocenters. The first-order valence-electron chi connectivity index (χ1n) is 5.30. The van der Waals surface area contributed by atoms with Gasteiger partial charge >= 0.3 is 0 Å². The monoisotopic (exact) mass is 298 g/mol. The Kier molecular flexibility index (Phi) is 3.61. The molecule has 1 aromatic heterocycles. The summed E-state index contributed by atoms with van der Waals surface area (Å²) < 4.78 is 0. The summed E-state index contributed by atoms with van der Waals surface area (Å²) in [5, 5.41) is 12.4. The van der Waals surface area contributed by atoms with Crippen LogP contribution in [0.2, 0.25) is 5.15 Å². The quantitative estimate of drug-likeness (QED) is 0.347. The van der Waals surface area contributed by atoms with Gasteiger partial charge in [-0.3, -0.25) is 29.8 Å². The van der Waals surface area contributed by atoms with Crippen LogP contribution in [0.4, 0.5) is 5.69 Å². The van der Waals surface area contributed by atoms with Gasteiger partial charge in [0.15, 0.2) is 0 Å². The number of halogens is 1. The van der Waals surface area contributed by atoms with Crippen molar-refractivity contribution in [2.45, 2.75) is 0 Å². The van der Waals surface area contributed by atoms with E-state index in [4.69, 9.17) is 11.6 Å². The molecule has 0 saturated carbocycles. The highest BCUT2D eigenvalue weighted by atomic mass is 35.5. The normalized spacial score (nSPS) is 14.9. The Morgan fingerprint density at radius 3 is 2.55 bits per heavy atom. The first-order valence-corrected chi connectivity index (χ1v) is 5.68. The Labute approximate surface area is 116 Å².